The van der Waals surface area contributed by atoms with Gasteiger partial charge in [0.2, 0.25) is 0 Å². The Bertz CT molecular complexity index is 828. The lowest BCUT2D eigenvalue weighted by molar-refractivity contribution is -0.385. The molecule has 1 N–H and O–H groups in total. The normalized spacial score (nSPS) is 10.5. The molecule has 6 nitrogen and oxygen atoms in total. The van der Waals surface area contributed by atoms with Gasteiger partial charge in [0, 0.05) is 11.6 Å². The third-order valence-electron chi connectivity index (χ3n) is 2.98. The minimum absolute atomic E-state index is 0.274. The molecule has 0 atom stereocenters. The number of phenolic OH excluding ortho intramolecular Hbond substituents is 1. The lowest BCUT2D eigenvalue weighted by Gasteiger charge is -2.08. The van der Waals surface area contributed by atoms with Crippen LogP contribution in [0, 0.1) is 10.1 Å². The van der Waals surface area contributed by atoms with Gasteiger partial charge in [-0.3, -0.25) is 15.1 Å². The Hall–Kier alpha value is -3.15. The van der Waals surface area contributed by atoms with Crippen molar-refractivity contribution in [3.8, 4) is 17.2 Å². The van der Waals surface area contributed by atoms with Crippen molar-refractivity contribution < 1.29 is 14.8 Å². The monoisotopic (exact) mass is 282 g/mol. The van der Waals surface area contributed by atoms with E-state index in [0.29, 0.717) is 5.75 Å². The summed E-state index contributed by atoms with van der Waals surface area (Å²) in [5, 5.41) is 21.1. The Morgan fingerprint density at radius 3 is 2.76 bits per heavy atom. The van der Waals surface area contributed by atoms with E-state index in [1.807, 2.05) is 24.3 Å². The molecule has 0 radical (unpaired) electrons. The van der Waals surface area contributed by atoms with Gasteiger partial charge in [0.05, 0.1) is 16.5 Å². The van der Waals surface area contributed by atoms with E-state index < -0.39 is 16.4 Å². The summed E-state index contributed by atoms with van der Waals surface area (Å²) in [5.74, 6) is 0.420. The van der Waals surface area contributed by atoms with Crippen LogP contribution in [0.25, 0.3) is 10.9 Å². The number of fused-ring (bicyclic) bond motifs is 1. The van der Waals surface area contributed by atoms with Crippen molar-refractivity contribution in [1.29, 1.82) is 0 Å². The maximum absolute atomic E-state index is 10.8. The molecule has 3 rings (SSSR count). The van der Waals surface area contributed by atoms with Crippen molar-refractivity contribution in [2.45, 2.75) is 0 Å². The fourth-order valence-electron chi connectivity index (χ4n) is 2.00. The second-order valence-electron chi connectivity index (χ2n) is 4.34. The van der Waals surface area contributed by atoms with E-state index in [9.17, 15) is 15.2 Å². The zero-order chi connectivity index (χ0) is 14.8. The molecule has 0 saturated carbocycles. The van der Waals surface area contributed by atoms with E-state index in [4.69, 9.17) is 4.74 Å². The lowest BCUT2D eigenvalue weighted by Crippen LogP contribution is -1.91. The fraction of sp³-hybridized carbons (Fsp3) is 0. The molecule has 6 heteroatoms. The molecular weight excluding hydrogens is 272 g/mol. The average Bonchev–Trinajstić information content (AvgIpc) is 2.49. The summed E-state index contributed by atoms with van der Waals surface area (Å²) in [4.78, 5) is 14.4. The van der Waals surface area contributed by atoms with Gasteiger partial charge in [0.1, 0.15) is 11.5 Å². The largest absolute Gasteiger partial charge is 0.502 e. The van der Waals surface area contributed by atoms with Crippen LogP contribution in [0.1, 0.15) is 0 Å². The van der Waals surface area contributed by atoms with Gasteiger partial charge in [-0.25, -0.2) is 0 Å². The Morgan fingerprint density at radius 1 is 1.14 bits per heavy atom. The van der Waals surface area contributed by atoms with Gasteiger partial charge >= 0.3 is 5.69 Å². The molecule has 21 heavy (non-hydrogen) atoms. The number of para-hydroxylation sites is 1. The lowest BCUT2D eigenvalue weighted by atomic mass is 10.2. The summed E-state index contributed by atoms with van der Waals surface area (Å²) in [6.07, 6.45) is 1.60. The molecule has 1 aromatic heterocycles. The average molecular weight is 282 g/mol. The molecule has 3 aromatic rings. The van der Waals surface area contributed by atoms with Crippen molar-refractivity contribution in [2.75, 3.05) is 0 Å². The number of pyridine rings is 1. The number of aromatic hydroxyl groups is 1. The molecule has 0 aliphatic carbocycles. The minimum atomic E-state index is -0.660. The van der Waals surface area contributed by atoms with Gasteiger partial charge in [0.25, 0.3) is 0 Å². The van der Waals surface area contributed by atoms with Gasteiger partial charge in [-0.1, -0.05) is 12.1 Å². The third-order valence-corrected chi connectivity index (χ3v) is 2.98. The van der Waals surface area contributed by atoms with Gasteiger partial charge in [-0.05, 0) is 30.3 Å². The van der Waals surface area contributed by atoms with E-state index in [-0.39, 0.29) is 5.75 Å². The highest BCUT2D eigenvalue weighted by Gasteiger charge is 2.15. The van der Waals surface area contributed by atoms with E-state index in [0.717, 1.165) is 10.9 Å². The molecule has 0 aliphatic rings. The number of rotatable bonds is 3. The molecule has 0 spiro atoms. The Balaban J connectivity index is 2.03. The number of nitrogens with zero attached hydrogens (tertiary/aromatic N) is 2. The molecule has 0 unspecified atom stereocenters. The highest BCUT2D eigenvalue weighted by Crippen LogP contribution is 2.34. The van der Waals surface area contributed by atoms with Crippen molar-refractivity contribution >= 4 is 16.6 Å². The van der Waals surface area contributed by atoms with Crippen LogP contribution in [0.2, 0.25) is 0 Å². The molecule has 104 valence electrons. The summed E-state index contributed by atoms with van der Waals surface area (Å²) in [6, 6.07) is 13.0. The quantitative estimate of drug-likeness (QED) is 0.585. The number of benzene rings is 2. The van der Waals surface area contributed by atoms with E-state index in [1.165, 1.54) is 18.2 Å². The molecule has 2 aromatic carbocycles. The van der Waals surface area contributed by atoms with Crippen LogP contribution in [0.4, 0.5) is 5.69 Å². The summed E-state index contributed by atoms with van der Waals surface area (Å²) in [6.45, 7) is 0. The highest BCUT2D eigenvalue weighted by atomic mass is 16.6. The maximum Gasteiger partial charge on any atom is 0.314 e. The first-order valence-electron chi connectivity index (χ1n) is 6.14. The van der Waals surface area contributed by atoms with E-state index in [1.54, 1.807) is 12.3 Å². The van der Waals surface area contributed by atoms with E-state index >= 15 is 0 Å². The molecule has 0 bridgehead atoms. The molecule has 0 aliphatic heterocycles. The Kier molecular flexibility index (Phi) is 3.12. The predicted octanol–water partition coefficient (Wildman–Crippen LogP) is 3.64. The van der Waals surface area contributed by atoms with Crippen LogP contribution >= 0.6 is 0 Å². The van der Waals surface area contributed by atoms with Crippen LogP contribution < -0.4 is 4.74 Å². The van der Waals surface area contributed by atoms with Gasteiger partial charge < -0.3 is 9.84 Å². The number of hydrogen-bond donors (Lipinski definition) is 1. The number of ether oxygens (including phenoxy) is 1. The first-order valence-corrected chi connectivity index (χ1v) is 6.14. The van der Waals surface area contributed by atoms with Crippen LogP contribution in [-0.2, 0) is 0 Å². The molecule has 0 saturated heterocycles. The standard InChI is InChI=1S/C15H10N2O4/c18-14-6-5-10(9-13(14)17(19)20)21-15-7-8-16-12-4-2-1-3-11(12)15/h1-9,18H. The number of nitro groups is 1. The third kappa shape index (κ3) is 2.46. The maximum atomic E-state index is 10.8. The summed E-state index contributed by atoms with van der Waals surface area (Å²) >= 11 is 0. The van der Waals surface area contributed by atoms with Crippen molar-refractivity contribution in [1.82, 2.24) is 4.98 Å². The van der Waals surface area contributed by atoms with Crippen LogP contribution in [-0.4, -0.2) is 15.0 Å². The first kappa shape index (κ1) is 12.9. The second-order valence-corrected chi connectivity index (χ2v) is 4.34. The summed E-state index contributed by atoms with van der Waals surface area (Å²) < 4.78 is 5.68. The molecule has 0 fully saturated rings. The minimum Gasteiger partial charge on any atom is -0.502 e. The SMILES string of the molecule is O=[N+]([O-])c1cc(Oc2ccnc3ccccc23)ccc1O. The van der Waals surface area contributed by atoms with Gasteiger partial charge in [-0.2, -0.15) is 0 Å². The number of nitro benzene ring substituents is 1. The summed E-state index contributed by atoms with van der Waals surface area (Å²) in [7, 11) is 0. The predicted molar refractivity (Wildman–Crippen MR) is 76.6 cm³/mol. The van der Waals surface area contributed by atoms with E-state index in [2.05, 4.69) is 4.98 Å². The summed E-state index contributed by atoms with van der Waals surface area (Å²) in [5.41, 5.74) is 0.370. The zero-order valence-corrected chi connectivity index (χ0v) is 10.8. The molecule has 0 amide bonds. The zero-order valence-electron chi connectivity index (χ0n) is 10.8. The fourth-order valence-corrected chi connectivity index (χ4v) is 2.00. The number of hydrogen-bond acceptors (Lipinski definition) is 5. The van der Waals surface area contributed by atoms with Crippen molar-refractivity contribution in [3.05, 3.63) is 64.8 Å². The molecule has 1 heterocycles. The number of aromatic nitrogens is 1. The van der Waals surface area contributed by atoms with Crippen LogP contribution in [0.15, 0.2) is 54.7 Å². The van der Waals surface area contributed by atoms with Crippen molar-refractivity contribution in [2.24, 2.45) is 0 Å². The second kappa shape index (κ2) is 5.09. The van der Waals surface area contributed by atoms with Crippen LogP contribution in [0.5, 0.6) is 17.2 Å². The topological polar surface area (TPSA) is 85.5 Å². The highest BCUT2D eigenvalue weighted by molar-refractivity contribution is 5.84. The first-order chi connectivity index (χ1) is 10.1. The van der Waals surface area contributed by atoms with Crippen LogP contribution in [0.3, 0.4) is 0 Å². The Morgan fingerprint density at radius 2 is 1.95 bits per heavy atom. The smallest absolute Gasteiger partial charge is 0.314 e. The van der Waals surface area contributed by atoms with Crippen molar-refractivity contribution in [3.63, 3.8) is 0 Å². The number of phenols is 1. The Labute approximate surface area is 119 Å². The van der Waals surface area contributed by atoms with Gasteiger partial charge in [-0.15, -0.1) is 0 Å². The molecular formula is C15H10N2O4. The van der Waals surface area contributed by atoms with Gasteiger partial charge in [0.15, 0.2) is 5.75 Å².